The third-order valence-corrected chi connectivity index (χ3v) is 6.17. The molecule has 42 heavy (non-hydrogen) atoms. The lowest BCUT2D eigenvalue weighted by molar-refractivity contribution is -0.192. The largest absolute Gasteiger partial charge is 0.490 e. The van der Waals surface area contributed by atoms with Crippen LogP contribution in [0.2, 0.25) is 0 Å². The number of halogens is 6. The predicted molar refractivity (Wildman–Crippen MR) is 140 cm³/mol. The molecular formula is C26H26F6N6O4. The summed E-state index contributed by atoms with van der Waals surface area (Å²) in [5.41, 5.74) is 1.71. The fourth-order valence-electron chi connectivity index (χ4n) is 4.23. The SMILES string of the molecule is CN(C)c1nc2c(c(Nc3ccc4c(c3)OCCO4)n1)CCN(c1ncccc1C(F)(F)F)CC2.O=C(O)C(F)(F)F. The molecule has 0 spiro atoms. The zero-order chi connectivity index (χ0) is 30.7. The van der Waals surface area contributed by atoms with Gasteiger partial charge < -0.3 is 29.7 Å². The van der Waals surface area contributed by atoms with Crippen molar-refractivity contribution < 1.29 is 45.7 Å². The number of carboxylic acids is 1. The van der Waals surface area contributed by atoms with E-state index in [0.29, 0.717) is 62.4 Å². The van der Waals surface area contributed by atoms with Crippen LogP contribution in [0.1, 0.15) is 16.8 Å². The van der Waals surface area contributed by atoms with E-state index in [1.165, 1.54) is 12.3 Å². The van der Waals surface area contributed by atoms with E-state index in [0.717, 1.165) is 23.0 Å². The normalized spacial score (nSPS) is 14.6. The van der Waals surface area contributed by atoms with Crippen LogP contribution in [0.5, 0.6) is 11.5 Å². The number of nitrogens with zero attached hydrogens (tertiary/aromatic N) is 5. The van der Waals surface area contributed by atoms with Gasteiger partial charge in [-0.1, -0.05) is 0 Å². The van der Waals surface area contributed by atoms with Crippen LogP contribution in [0.15, 0.2) is 36.5 Å². The molecule has 0 saturated carbocycles. The van der Waals surface area contributed by atoms with Crippen molar-refractivity contribution in [3.63, 3.8) is 0 Å². The number of anilines is 4. The fourth-order valence-corrected chi connectivity index (χ4v) is 4.23. The molecule has 0 radical (unpaired) electrons. The second-order valence-corrected chi connectivity index (χ2v) is 9.34. The van der Waals surface area contributed by atoms with Crippen LogP contribution in [0.25, 0.3) is 0 Å². The number of carbonyl (C=O) groups is 1. The van der Waals surface area contributed by atoms with Crippen molar-refractivity contribution in [1.82, 2.24) is 15.0 Å². The van der Waals surface area contributed by atoms with Crippen molar-refractivity contribution in [3.05, 3.63) is 53.3 Å². The van der Waals surface area contributed by atoms with E-state index in [4.69, 9.17) is 29.3 Å². The molecule has 1 aromatic carbocycles. The molecule has 0 unspecified atom stereocenters. The molecule has 2 N–H and O–H groups in total. The summed E-state index contributed by atoms with van der Waals surface area (Å²) >= 11 is 0. The minimum absolute atomic E-state index is 0.0602. The number of nitrogens with one attached hydrogen (secondary N) is 1. The maximum Gasteiger partial charge on any atom is 0.490 e. The van der Waals surface area contributed by atoms with Crippen molar-refractivity contribution in [3.8, 4) is 11.5 Å². The van der Waals surface area contributed by atoms with Gasteiger partial charge in [0.15, 0.2) is 11.5 Å². The molecule has 2 aromatic heterocycles. The third kappa shape index (κ3) is 7.22. The molecule has 0 amide bonds. The first-order chi connectivity index (χ1) is 19.7. The summed E-state index contributed by atoms with van der Waals surface area (Å²) in [6, 6.07) is 7.95. The highest BCUT2D eigenvalue weighted by Crippen LogP contribution is 2.37. The summed E-state index contributed by atoms with van der Waals surface area (Å²) in [4.78, 5) is 25.9. The Labute approximate surface area is 235 Å². The number of hydrogen-bond donors (Lipinski definition) is 2. The van der Waals surface area contributed by atoms with Crippen LogP contribution >= 0.6 is 0 Å². The lowest BCUT2D eigenvalue weighted by atomic mass is 10.1. The second-order valence-electron chi connectivity index (χ2n) is 9.34. The van der Waals surface area contributed by atoms with E-state index < -0.39 is 23.9 Å². The first-order valence-corrected chi connectivity index (χ1v) is 12.5. The highest BCUT2D eigenvalue weighted by Gasteiger charge is 2.38. The summed E-state index contributed by atoms with van der Waals surface area (Å²) in [5, 5.41) is 10.5. The highest BCUT2D eigenvalue weighted by molar-refractivity contribution is 5.73. The van der Waals surface area contributed by atoms with E-state index in [2.05, 4.69) is 10.3 Å². The van der Waals surface area contributed by atoms with E-state index in [1.54, 1.807) is 9.80 Å². The zero-order valence-electron chi connectivity index (χ0n) is 22.4. The van der Waals surface area contributed by atoms with Gasteiger partial charge in [-0.15, -0.1) is 0 Å². The Morgan fingerprint density at radius 3 is 2.31 bits per heavy atom. The number of benzene rings is 1. The molecule has 10 nitrogen and oxygen atoms in total. The van der Waals surface area contributed by atoms with Crippen LogP contribution in [0, 0.1) is 0 Å². The van der Waals surface area contributed by atoms with E-state index in [-0.39, 0.29) is 5.82 Å². The number of pyridine rings is 1. The molecule has 0 atom stereocenters. The van der Waals surface area contributed by atoms with Crippen LogP contribution in [0.4, 0.5) is 49.6 Å². The highest BCUT2D eigenvalue weighted by atomic mass is 19.4. The van der Waals surface area contributed by atoms with Gasteiger partial charge in [-0.2, -0.15) is 31.3 Å². The summed E-state index contributed by atoms with van der Waals surface area (Å²) < 4.78 is 83.9. The minimum atomic E-state index is -5.08. The Morgan fingerprint density at radius 2 is 1.67 bits per heavy atom. The molecule has 3 aromatic rings. The lowest BCUT2D eigenvalue weighted by Gasteiger charge is -2.24. The van der Waals surface area contributed by atoms with Crippen molar-refractivity contribution >= 4 is 29.2 Å². The lowest BCUT2D eigenvalue weighted by Crippen LogP contribution is -2.29. The molecule has 0 aliphatic carbocycles. The van der Waals surface area contributed by atoms with Crippen molar-refractivity contribution in [2.45, 2.75) is 25.2 Å². The van der Waals surface area contributed by atoms with Crippen LogP contribution in [-0.2, 0) is 23.8 Å². The predicted octanol–water partition coefficient (Wildman–Crippen LogP) is 4.71. The topological polar surface area (TPSA) is 113 Å². The average molecular weight is 601 g/mol. The maximum absolute atomic E-state index is 13.6. The van der Waals surface area contributed by atoms with Gasteiger partial charge in [0.1, 0.15) is 24.8 Å². The quantitative estimate of drug-likeness (QED) is 0.409. The average Bonchev–Trinajstić information content (AvgIpc) is 3.15. The Kier molecular flexibility index (Phi) is 8.82. The summed E-state index contributed by atoms with van der Waals surface area (Å²) in [6.07, 6.45) is -7.25. The molecular weight excluding hydrogens is 574 g/mol. The smallest absolute Gasteiger partial charge is 0.486 e. The van der Waals surface area contributed by atoms with Crippen LogP contribution in [0.3, 0.4) is 0 Å². The minimum Gasteiger partial charge on any atom is -0.486 e. The maximum atomic E-state index is 13.6. The number of alkyl halides is 6. The van der Waals surface area contributed by atoms with Crippen molar-refractivity contribution in [2.75, 3.05) is 55.5 Å². The number of fused-ring (bicyclic) bond motifs is 2. The van der Waals surface area contributed by atoms with Gasteiger partial charge in [0.25, 0.3) is 0 Å². The summed E-state index contributed by atoms with van der Waals surface area (Å²) in [6.45, 7) is 1.70. The zero-order valence-corrected chi connectivity index (χ0v) is 22.4. The number of ether oxygens (including phenoxy) is 2. The summed E-state index contributed by atoms with van der Waals surface area (Å²) in [7, 11) is 3.70. The molecule has 0 fully saturated rings. The van der Waals surface area contributed by atoms with E-state index >= 15 is 0 Å². The number of aliphatic carboxylic acids is 1. The van der Waals surface area contributed by atoms with Gasteiger partial charge in [0.05, 0.1) is 11.3 Å². The molecule has 0 saturated heterocycles. The summed E-state index contributed by atoms with van der Waals surface area (Å²) in [5.74, 6) is -0.346. The van der Waals surface area contributed by atoms with Crippen LogP contribution < -0.4 is 24.6 Å². The van der Waals surface area contributed by atoms with E-state index in [1.807, 2.05) is 32.3 Å². The van der Waals surface area contributed by atoms with Gasteiger partial charge in [0, 0.05) is 57.1 Å². The third-order valence-electron chi connectivity index (χ3n) is 6.17. The fraction of sp³-hybridized carbons (Fsp3) is 0.385. The van der Waals surface area contributed by atoms with E-state index in [9.17, 15) is 26.3 Å². The van der Waals surface area contributed by atoms with Gasteiger partial charge in [-0.3, -0.25) is 0 Å². The van der Waals surface area contributed by atoms with Gasteiger partial charge in [-0.05, 0) is 30.7 Å². The Hall–Kier alpha value is -4.50. The van der Waals surface area contributed by atoms with Gasteiger partial charge in [-0.25, -0.2) is 14.8 Å². The Bertz CT molecular complexity index is 1430. The van der Waals surface area contributed by atoms with Crippen molar-refractivity contribution in [1.29, 1.82) is 0 Å². The van der Waals surface area contributed by atoms with Crippen LogP contribution in [-0.4, -0.2) is 72.6 Å². The molecule has 5 rings (SSSR count). The standard InChI is InChI=1S/C24H25F3N6O2.C2HF3O2/c1-32(2)23-30-18-8-11-33(22-17(24(25,26)27)4-3-9-28-22)10-7-16(18)21(31-23)29-15-5-6-19-20(14-15)35-13-12-34-19;3-2(4,5)1(6)7/h3-6,9,14H,7-8,10-13H2,1-2H3,(H,29,30,31);(H,6,7). The Balaban J connectivity index is 0.000000517. The Morgan fingerprint density at radius 1 is 1.00 bits per heavy atom. The number of hydrogen-bond acceptors (Lipinski definition) is 9. The first kappa shape index (κ1) is 30.5. The number of aromatic nitrogens is 3. The van der Waals surface area contributed by atoms with Gasteiger partial charge >= 0.3 is 18.3 Å². The molecule has 16 heteroatoms. The number of rotatable bonds is 4. The number of carboxylic acid groups (broad SMARTS) is 1. The first-order valence-electron chi connectivity index (χ1n) is 12.5. The molecule has 4 heterocycles. The second kappa shape index (κ2) is 12.2. The molecule has 226 valence electrons. The van der Waals surface area contributed by atoms with Gasteiger partial charge in [0.2, 0.25) is 5.95 Å². The molecule has 2 aliphatic heterocycles. The monoisotopic (exact) mass is 600 g/mol. The van der Waals surface area contributed by atoms with Crippen molar-refractivity contribution in [2.24, 2.45) is 0 Å². The molecule has 0 bridgehead atoms. The molecule has 2 aliphatic rings.